The molecule has 0 aliphatic rings. The Balaban J connectivity index is 0.000000163. The summed E-state index contributed by atoms with van der Waals surface area (Å²) in [4.78, 5) is 0. The Kier molecular flexibility index (Phi) is 5.34. The summed E-state index contributed by atoms with van der Waals surface area (Å²) in [5, 5.41) is 1.35. The van der Waals surface area contributed by atoms with Crippen LogP contribution in [0.15, 0.2) is 91.0 Å². The van der Waals surface area contributed by atoms with Crippen LogP contribution in [0.4, 0.5) is 0 Å². The minimum Gasteiger partial charge on any atom is -0.0622 e. The van der Waals surface area contributed by atoms with Crippen LogP contribution in [0.25, 0.3) is 11.1 Å². The summed E-state index contributed by atoms with van der Waals surface area (Å²) in [5.74, 6) is 0. The van der Waals surface area contributed by atoms with Gasteiger partial charge in [0.1, 0.15) is 0 Å². The van der Waals surface area contributed by atoms with E-state index in [4.69, 9.17) is 0 Å². The third kappa shape index (κ3) is 4.69. The van der Waals surface area contributed by atoms with Crippen LogP contribution in [0.5, 0.6) is 0 Å². The lowest BCUT2D eigenvalue weighted by molar-refractivity contribution is 1.62. The highest BCUT2D eigenvalue weighted by Crippen LogP contribution is 2.17. The van der Waals surface area contributed by atoms with Gasteiger partial charge in [-0.15, -0.1) is 0 Å². The van der Waals surface area contributed by atoms with Crippen molar-refractivity contribution in [3.63, 3.8) is 0 Å². The molecule has 0 saturated carbocycles. The van der Waals surface area contributed by atoms with Crippen LogP contribution >= 0.6 is 9.24 Å². The van der Waals surface area contributed by atoms with E-state index in [-0.39, 0.29) is 0 Å². The maximum absolute atomic E-state index is 2.12. The van der Waals surface area contributed by atoms with E-state index in [0.29, 0.717) is 0 Å². The minimum absolute atomic E-state index is 1.28. The first kappa shape index (κ1) is 13.5. The van der Waals surface area contributed by atoms with Gasteiger partial charge in [0.25, 0.3) is 0 Å². The van der Waals surface area contributed by atoms with E-state index in [0.717, 1.165) is 0 Å². The van der Waals surface area contributed by atoms with E-state index < -0.39 is 0 Å². The van der Waals surface area contributed by atoms with Crippen LogP contribution in [0.2, 0.25) is 0 Å². The molecule has 0 spiro atoms. The van der Waals surface area contributed by atoms with E-state index in [1.807, 2.05) is 39.6 Å². The zero-order valence-corrected chi connectivity index (χ0v) is 12.3. The van der Waals surface area contributed by atoms with E-state index in [1.54, 1.807) is 0 Å². The molecule has 0 nitrogen and oxygen atoms in total. The molecule has 0 aliphatic carbocycles. The molecule has 3 rings (SSSR count). The van der Waals surface area contributed by atoms with Crippen LogP contribution in [0.3, 0.4) is 0 Å². The zero-order chi connectivity index (χ0) is 13.3. The molecule has 0 fully saturated rings. The normalized spacial score (nSPS) is 9.47. The quantitative estimate of drug-likeness (QED) is 0.576. The fourth-order valence-corrected chi connectivity index (χ4v) is 2.01. The fourth-order valence-electron chi connectivity index (χ4n) is 1.74. The Labute approximate surface area is 117 Å². The van der Waals surface area contributed by atoms with Gasteiger partial charge in [-0.1, -0.05) is 78.9 Å². The van der Waals surface area contributed by atoms with Crippen LogP contribution in [-0.4, -0.2) is 0 Å². The molecule has 3 aromatic carbocycles. The molecule has 3 aromatic rings. The van der Waals surface area contributed by atoms with Crippen molar-refractivity contribution < 1.29 is 0 Å². The van der Waals surface area contributed by atoms with Crippen molar-refractivity contribution >= 4 is 14.5 Å². The molecule has 19 heavy (non-hydrogen) atoms. The van der Waals surface area contributed by atoms with Crippen LogP contribution in [0.1, 0.15) is 0 Å². The Morgan fingerprint density at radius 3 is 1.00 bits per heavy atom. The molecule has 0 radical (unpaired) electrons. The van der Waals surface area contributed by atoms with Crippen molar-refractivity contribution in [1.82, 2.24) is 0 Å². The summed E-state index contributed by atoms with van der Waals surface area (Å²) in [6, 6.07) is 31.1. The largest absolute Gasteiger partial charge is 0.0865 e. The Bertz CT molecular complexity index is 536. The number of hydrogen-bond donors (Lipinski definition) is 0. The van der Waals surface area contributed by atoms with Gasteiger partial charge in [0.05, 0.1) is 5.30 Å². The highest BCUT2D eigenvalue weighted by atomic mass is 31.0. The van der Waals surface area contributed by atoms with Gasteiger partial charge >= 0.3 is 0 Å². The first-order valence-corrected chi connectivity index (χ1v) is 7.04. The standard InChI is InChI=1S/C12H10.C6H7P/c1-3-7-11(8-4-1)12-9-5-2-6-10-12;7-6-4-2-1-3-5-6/h1-10H;1-5H,7H2/p+1. The monoisotopic (exact) mass is 265 g/mol. The zero-order valence-electron chi connectivity index (χ0n) is 10.9. The summed E-state index contributed by atoms with van der Waals surface area (Å²) >= 11 is 0. The second-order valence-corrected chi connectivity index (χ2v) is 5.03. The molecule has 1 heteroatoms. The average Bonchev–Trinajstić information content (AvgIpc) is 2.51. The molecule has 94 valence electrons. The maximum atomic E-state index is 2.12. The molecule has 1 unspecified atom stereocenters. The predicted octanol–water partition coefficient (Wildman–Crippen LogP) is 4.27. The molecule has 0 amide bonds. The topological polar surface area (TPSA) is 0 Å². The van der Waals surface area contributed by atoms with Gasteiger partial charge < -0.3 is 0 Å². The molecular weight excluding hydrogens is 247 g/mol. The SMILES string of the molecule is [PH3+]c1ccccc1.c1ccc(-c2ccccc2)cc1. The Morgan fingerprint density at radius 2 is 0.737 bits per heavy atom. The summed E-state index contributed by atoms with van der Waals surface area (Å²) in [6.07, 6.45) is 0. The lowest BCUT2D eigenvalue weighted by atomic mass is 10.1. The van der Waals surface area contributed by atoms with Gasteiger partial charge in [0, 0.05) is 9.24 Å². The Morgan fingerprint density at radius 1 is 0.421 bits per heavy atom. The second-order valence-electron chi connectivity index (χ2n) is 4.22. The van der Waals surface area contributed by atoms with E-state index in [9.17, 15) is 0 Å². The third-order valence-corrected chi connectivity index (χ3v) is 3.20. The molecule has 0 heterocycles. The van der Waals surface area contributed by atoms with Gasteiger partial charge in [0.2, 0.25) is 0 Å². The molecule has 1 atom stereocenters. The Hall–Kier alpha value is -1.91. The van der Waals surface area contributed by atoms with Crippen molar-refractivity contribution in [1.29, 1.82) is 0 Å². The molecule has 0 N–H and O–H groups in total. The van der Waals surface area contributed by atoms with Gasteiger partial charge in [-0.25, -0.2) is 0 Å². The van der Waals surface area contributed by atoms with Crippen molar-refractivity contribution in [2.75, 3.05) is 0 Å². The fraction of sp³-hybridized carbons (Fsp3) is 0. The van der Waals surface area contributed by atoms with Crippen LogP contribution in [-0.2, 0) is 0 Å². The van der Waals surface area contributed by atoms with Crippen LogP contribution in [0, 0.1) is 0 Å². The summed E-state index contributed by atoms with van der Waals surface area (Å²) < 4.78 is 0. The van der Waals surface area contributed by atoms with Crippen molar-refractivity contribution in [3.8, 4) is 11.1 Å². The second kappa shape index (κ2) is 7.51. The van der Waals surface area contributed by atoms with Crippen molar-refractivity contribution in [3.05, 3.63) is 91.0 Å². The lowest BCUT2D eigenvalue weighted by Gasteiger charge is -1.98. The van der Waals surface area contributed by atoms with E-state index >= 15 is 0 Å². The van der Waals surface area contributed by atoms with E-state index in [1.165, 1.54) is 16.4 Å². The number of benzene rings is 3. The first-order chi connectivity index (χ1) is 9.36. The lowest BCUT2D eigenvalue weighted by Crippen LogP contribution is -1.82. The molecule has 0 saturated heterocycles. The minimum atomic E-state index is 1.28. The highest BCUT2D eigenvalue weighted by Gasteiger charge is 1.91. The van der Waals surface area contributed by atoms with Gasteiger partial charge in [-0.2, -0.15) is 0 Å². The molecular formula is C18H18P+. The summed E-state index contributed by atoms with van der Waals surface area (Å²) in [7, 11) is 1.90. The third-order valence-electron chi connectivity index (χ3n) is 2.72. The number of hydrogen-bond acceptors (Lipinski definition) is 0. The average molecular weight is 265 g/mol. The van der Waals surface area contributed by atoms with Crippen LogP contribution < -0.4 is 5.30 Å². The maximum Gasteiger partial charge on any atom is 0.0865 e. The predicted molar refractivity (Wildman–Crippen MR) is 89.1 cm³/mol. The summed E-state index contributed by atoms with van der Waals surface area (Å²) in [5.41, 5.74) is 2.55. The molecule has 0 aliphatic heterocycles. The van der Waals surface area contributed by atoms with Gasteiger partial charge in [-0.3, -0.25) is 0 Å². The van der Waals surface area contributed by atoms with Crippen molar-refractivity contribution in [2.45, 2.75) is 0 Å². The van der Waals surface area contributed by atoms with Crippen molar-refractivity contribution in [2.24, 2.45) is 0 Å². The van der Waals surface area contributed by atoms with Gasteiger partial charge in [0.15, 0.2) is 0 Å². The highest BCUT2D eigenvalue weighted by molar-refractivity contribution is 7.27. The molecule has 0 aromatic heterocycles. The van der Waals surface area contributed by atoms with Gasteiger partial charge in [-0.05, 0) is 23.3 Å². The summed E-state index contributed by atoms with van der Waals surface area (Å²) in [6.45, 7) is 0. The smallest absolute Gasteiger partial charge is 0.0622 e. The first-order valence-electron chi connectivity index (χ1n) is 6.34. The molecule has 0 bridgehead atoms. The number of rotatable bonds is 1. The van der Waals surface area contributed by atoms with E-state index in [2.05, 4.69) is 60.7 Å².